The molecular weight excluding hydrogens is 284 g/mol. The number of benzene rings is 2. The van der Waals surface area contributed by atoms with Gasteiger partial charge in [0.05, 0.1) is 0 Å². The van der Waals surface area contributed by atoms with Gasteiger partial charge in [-0.3, -0.25) is 0 Å². The highest BCUT2D eigenvalue weighted by atomic mass is 16.5. The van der Waals surface area contributed by atoms with Crippen molar-refractivity contribution in [2.24, 2.45) is 0 Å². The smallest absolute Gasteiger partial charge is 0.189 e. The molecule has 0 unspecified atom stereocenters. The maximum Gasteiger partial charge on any atom is 0.189 e. The molecular formula is C21H31O2. The largest absolute Gasteiger partial charge is 0.362 e. The van der Waals surface area contributed by atoms with Crippen LogP contribution in [0.25, 0.3) is 0 Å². The summed E-state index contributed by atoms with van der Waals surface area (Å²) in [5, 5.41) is 19.7. The van der Waals surface area contributed by atoms with Crippen LogP contribution < -0.4 is 0 Å². The second-order valence-corrected chi connectivity index (χ2v) is 5.15. The second-order valence-electron chi connectivity index (χ2n) is 5.15. The first-order chi connectivity index (χ1) is 11.2. The van der Waals surface area contributed by atoms with Crippen molar-refractivity contribution in [3.63, 3.8) is 0 Å². The van der Waals surface area contributed by atoms with Crippen LogP contribution in [0.2, 0.25) is 0 Å². The molecule has 0 bridgehead atoms. The van der Waals surface area contributed by atoms with E-state index in [1.165, 1.54) is 0 Å². The molecule has 0 amide bonds. The van der Waals surface area contributed by atoms with Gasteiger partial charge in [0, 0.05) is 12.0 Å². The fourth-order valence-electron chi connectivity index (χ4n) is 2.03. The Morgan fingerprint density at radius 3 is 1.61 bits per heavy atom. The highest BCUT2D eigenvalue weighted by Crippen LogP contribution is 2.24. The van der Waals surface area contributed by atoms with Crippen LogP contribution >= 0.6 is 0 Å². The van der Waals surface area contributed by atoms with Crippen LogP contribution in [0.5, 0.6) is 0 Å². The summed E-state index contributed by atoms with van der Waals surface area (Å²) < 4.78 is 0. The SMILES string of the molecule is CCCCCCC(O)(O)c1ccccc1.[CH2]C.c1ccccc1. The Morgan fingerprint density at radius 1 is 0.739 bits per heavy atom. The van der Waals surface area contributed by atoms with Crippen molar-refractivity contribution in [3.05, 3.63) is 79.2 Å². The third-order valence-electron chi connectivity index (χ3n) is 3.28. The lowest BCUT2D eigenvalue weighted by Gasteiger charge is -2.22. The van der Waals surface area contributed by atoms with E-state index in [0.717, 1.165) is 25.7 Å². The number of aliphatic hydroxyl groups is 2. The van der Waals surface area contributed by atoms with E-state index in [0.29, 0.717) is 12.0 Å². The molecule has 2 heteroatoms. The van der Waals surface area contributed by atoms with Crippen LogP contribution in [-0.4, -0.2) is 10.2 Å². The summed E-state index contributed by atoms with van der Waals surface area (Å²) in [7, 11) is 0. The third kappa shape index (κ3) is 10.7. The Morgan fingerprint density at radius 2 is 1.17 bits per heavy atom. The fourth-order valence-corrected chi connectivity index (χ4v) is 2.03. The van der Waals surface area contributed by atoms with E-state index in [1.54, 1.807) is 19.1 Å². The fraction of sp³-hybridized carbons (Fsp3) is 0.381. The minimum atomic E-state index is -1.66. The Hall–Kier alpha value is -1.64. The van der Waals surface area contributed by atoms with Crippen LogP contribution in [0, 0.1) is 6.92 Å². The molecule has 0 saturated heterocycles. The number of hydrogen-bond donors (Lipinski definition) is 2. The van der Waals surface area contributed by atoms with Gasteiger partial charge in [-0.15, -0.1) is 0 Å². The average Bonchev–Trinajstić information content (AvgIpc) is 2.63. The minimum absolute atomic E-state index is 0.414. The van der Waals surface area contributed by atoms with Crippen molar-refractivity contribution >= 4 is 0 Å². The summed E-state index contributed by atoms with van der Waals surface area (Å²) in [5.74, 6) is -1.66. The topological polar surface area (TPSA) is 40.5 Å². The molecule has 0 saturated carbocycles. The van der Waals surface area contributed by atoms with Gasteiger partial charge in [-0.1, -0.05) is 107 Å². The van der Waals surface area contributed by atoms with Crippen LogP contribution in [0.15, 0.2) is 66.7 Å². The number of hydrogen-bond acceptors (Lipinski definition) is 2. The minimum Gasteiger partial charge on any atom is -0.362 e. The lowest BCUT2D eigenvalue weighted by atomic mass is 9.99. The summed E-state index contributed by atoms with van der Waals surface area (Å²) in [4.78, 5) is 0. The Labute approximate surface area is 141 Å². The third-order valence-corrected chi connectivity index (χ3v) is 3.28. The predicted octanol–water partition coefficient (Wildman–Crippen LogP) is 5.32. The van der Waals surface area contributed by atoms with E-state index in [-0.39, 0.29) is 0 Å². The van der Waals surface area contributed by atoms with Crippen molar-refractivity contribution in [2.45, 2.75) is 51.7 Å². The van der Waals surface area contributed by atoms with Gasteiger partial charge in [0.15, 0.2) is 5.79 Å². The molecule has 2 aromatic carbocycles. The van der Waals surface area contributed by atoms with Gasteiger partial charge in [-0.2, -0.15) is 0 Å². The molecule has 2 aromatic rings. The number of rotatable bonds is 6. The van der Waals surface area contributed by atoms with Crippen LogP contribution in [-0.2, 0) is 5.79 Å². The van der Waals surface area contributed by atoms with Gasteiger partial charge >= 0.3 is 0 Å². The molecule has 23 heavy (non-hydrogen) atoms. The standard InChI is InChI=1S/C13H20O2.C6H6.C2H5/c1-2-3-4-8-11-13(14,15)12-9-6-5-7-10-12;1-2-4-6-5-3-1;1-2/h5-7,9-10,14-15H,2-4,8,11H2,1H3;1-6H;1H2,2H3. The summed E-state index contributed by atoms with van der Waals surface area (Å²) in [6.07, 6.45) is 4.65. The van der Waals surface area contributed by atoms with Crippen LogP contribution in [0.3, 0.4) is 0 Å². The van der Waals surface area contributed by atoms with Gasteiger partial charge < -0.3 is 10.2 Å². The molecule has 1 radical (unpaired) electrons. The van der Waals surface area contributed by atoms with Crippen molar-refractivity contribution in [3.8, 4) is 0 Å². The van der Waals surface area contributed by atoms with Crippen molar-refractivity contribution < 1.29 is 10.2 Å². The Balaban J connectivity index is 0.000000501. The van der Waals surface area contributed by atoms with E-state index < -0.39 is 5.79 Å². The molecule has 2 N–H and O–H groups in total. The molecule has 127 valence electrons. The van der Waals surface area contributed by atoms with Crippen LogP contribution in [0.1, 0.15) is 51.5 Å². The summed E-state index contributed by atoms with van der Waals surface area (Å²) in [5.41, 5.74) is 0.585. The molecule has 2 nitrogen and oxygen atoms in total. The molecule has 0 aliphatic heterocycles. The lowest BCUT2D eigenvalue weighted by molar-refractivity contribution is -0.175. The summed E-state index contributed by atoms with van der Waals surface area (Å²) >= 11 is 0. The molecule has 2 rings (SSSR count). The molecule has 0 atom stereocenters. The Kier molecular flexibility index (Phi) is 13.0. The van der Waals surface area contributed by atoms with Gasteiger partial charge in [0.25, 0.3) is 0 Å². The van der Waals surface area contributed by atoms with E-state index in [1.807, 2.05) is 54.6 Å². The highest BCUT2D eigenvalue weighted by Gasteiger charge is 2.24. The second kappa shape index (κ2) is 14.0. The van der Waals surface area contributed by atoms with Crippen molar-refractivity contribution in [1.82, 2.24) is 0 Å². The molecule has 0 aliphatic rings. The zero-order valence-electron chi connectivity index (χ0n) is 14.5. The predicted molar refractivity (Wildman–Crippen MR) is 98.8 cm³/mol. The first kappa shape index (κ1) is 21.4. The van der Waals surface area contributed by atoms with Gasteiger partial charge in [0.1, 0.15) is 0 Å². The van der Waals surface area contributed by atoms with Crippen molar-refractivity contribution in [1.29, 1.82) is 0 Å². The number of unbranched alkanes of at least 4 members (excludes halogenated alkanes) is 3. The first-order valence-corrected chi connectivity index (χ1v) is 8.38. The molecule has 0 aromatic heterocycles. The zero-order chi connectivity index (χ0) is 17.4. The normalized spacial score (nSPS) is 9.96. The Bertz CT molecular complexity index is 425. The zero-order valence-corrected chi connectivity index (χ0v) is 14.5. The van der Waals surface area contributed by atoms with E-state index in [4.69, 9.17) is 0 Å². The van der Waals surface area contributed by atoms with E-state index in [9.17, 15) is 10.2 Å². The maximum atomic E-state index is 9.84. The van der Waals surface area contributed by atoms with Gasteiger partial charge in [0.2, 0.25) is 0 Å². The highest BCUT2D eigenvalue weighted by molar-refractivity contribution is 5.19. The van der Waals surface area contributed by atoms with Crippen LogP contribution in [0.4, 0.5) is 0 Å². The quantitative estimate of drug-likeness (QED) is 0.559. The summed E-state index contributed by atoms with van der Waals surface area (Å²) in [6.45, 7) is 7.14. The molecule has 0 heterocycles. The van der Waals surface area contributed by atoms with Crippen molar-refractivity contribution in [2.75, 3.05) is 0 Å². The summed E-state index contributed by atoms with van der Waals surface area (Å²) in [6, 6.07) is 21.0. The molecule has 0 aliphatic carbocycles. The molecule has 0 fully saturated rings. The first-order valence-electron chi connectivity index (χ1n) is 8.38. The monoisotopic (exact) mass is 315 g/mol. The average molecular weight is 315 g/mol. The van der Waals surface area contributed by atoms with E-state index in [2.05, 4.69) is 13.8 Å². The van der Waals surface area contributed by atoms with Gasteiger partial charge in [-0.25, -0.2) is 0 Å². The molecule has 0 spiro atoms. The maximum absolute atomic E-state index is 9.84. The lowest BCUT2D eigenvalue weighted by Crippen LogP contribution is -2.24. The van der Waals surface area contributed by atoms with E-state index >= 15 is 0 Å². The van der Waals surface area contributed by atoms with Gasteiger partial charge in [-0.05, 0) is 6.42 Å².